The Kier molecular flexibility index (Phi) is 8.20. The van der Waals surface area contributed by atoms with E-state index in [0.717, 1.165) is 12.8 Å². The first-order valence-electron chi connectivity index (χ1n) is 11.0. The molecule has 1 unspecified atom stereocenters. The molecule has 0 spiro atoms. The van der Waals surface area contributed by atoms with Gasteiger partial charge in [0.25, 0.3) is 0 Å². The van der Waals surface area contributed by atoms with Gasteiger partial charge in [0.1, 0.15) is 23.2 Å². The van der Waals surface area contributed by atoms with E-state index < -0.39 is 29.7 Å². The highest BCUT2D eigenvalue weighted by Gasteiger charge is 2.37. The Morgan fingerprint density at radius 1 is 1.12 bits per heavy atom. The Balaban J connectivity index is 1.67. The quantitative estimate of drug-likeness (QED) is 0.546. The third-order valence-corrected chi connectivity index (χ3v) is 6.03. The summed E-state index contributed by atoms with van der Waals surface area (Å²) in [6, 6.07) is 3.84. The van der Waals surface area contributed by atoms with Gasteiger partial charge in [-0.15, -0.1) is 0 Å². The van der Waals surface area contributed by atoms with Gasteiger partial charge < -0.3 is 24.2 Å². The summed E-state index contributed by atoms with van der Waals surface area (Å²) in [4.78, 5) is 40.1. The van der Waals surface area contributed by atoms with E-state index in [-0.39, 0.29) is 29.8 Å². The van der Waals surface area contributed by atoms with Crippen LogP contribution in [0.2, 0.25) is 10.0 Å². The van der Waals surface area contributed by atoms with E-state index in [0.29, 0.717) is 30.2 Å². The molecule has 3 rings (SSSR count). The van der Waals surface area contributed by atoms with Gasteiger partial charge in [-0.1, -0.05) is 23.2 Å². The lowest BCUT2D eigenvalue weighted by atomic mass is 10.0. The average molecular weight is 515 g/mol. The predicted octanol–water partition coefficient (Wildman–Crippen LogP) is 4.66. The molecule has 34 heavy (non-hydrogen) atoms. The molecule has 2 aliphatic heterocycles. The summed E-state index contributed by atoms with van der Waals surface area (Å²) in [5.74, 6) is -1.25. The van der Waals surface area contributed by atoms with Crippen LogP contribution in [0.5, 0.6) is 5.75 Å². The van der Waals surface area contributed by atoms with Crippen LogP contribution in [0.15, 0.2) is 29.7 Å². The molecule has 1 amide bonds. The molecular weight excluding hydrogens is 487 g/mol. The second kappa shape index (κ2) is 10.7. The second-order valence-electron chi connectivity index (χ2n) is 9.05. The number of aliphatic carboxylic acids is 1. The number of benzene rings is 1. The van der Waals surface area contributed by atoms with Crippen LogP contribution in [0.3, 0.4) is 0 Å². The van der Waals surface area contributed by atoms with Crippen molar-refractivity contribution in [2.75, 3.05) is 19.8 Å². The number of halogens is 2. The van der Waals surface area contributed by atoms with Crippen LogP contribution < -0.4 is 4.74 Å². The van der Waals surface area contributed by atoms with Crippen molar-refractivity contribution in [1.82, 2.24) is 9.80 Å². The van der Waals surface area contributed by atoms with Crippen molar-refractivity contribution in [2.45, 2.75) is 58.1 Å². The van der Waals surface area contributed by atoms with Crippen LogP contribution in [0.1, 0.15) is 46.5 Å². The minimum absolute atomic E-state index is 0.105. The SMILES string of the molecule is CC(C)(C)OC(=O)N1CCCCC1C(=O)OCN1CCC(Oc2ccc(Cl)c(Cl)c2)=C1C(=O)O. The number of esters is 1. The van der Waals surface area contributed by atoms with Crippen LogP contribution >= 0.6 is 23.2 Å². The molecule has 1 N–H and O–H groups in total. The van der Waals surface area contributed by atoms with Crippen LogP contribution in [0.25, 0.3) is 0 Å². The normalized spacial score (nSPS) is 18.7. The van der Waals surface area contributed by atoms with Gasteiger partial charge in [-0.05, 0) is 52.2 Å². The lowest BCUT2D eigenvalue weighted by Crippen LogP contribution is -2.50. The third-order valence-electron chi connectivity index (χ3n) is 5.29. The number of ether oxygens (including phenoxy) is 3. The number of carbonyl (C=O) groups is 3. The Labute approximate surface area is 208 Å². The highest BCUT2D eigenvalue weighted by molar-refractivity contribution is 6.42. The van der Waals surface area contributed by atoms with E-state index in [1.807, 2.05) is 0 Å². The lowest BCUT2D eigenvalue weighted by molar-refractivity contribution is -0.156. The number of carboxylic acids is 1. The topological polar surface area (TPSA) is 106 Å². The molecule has 1 fully saturated rings. The number of rotatable bonds is 6. The van der Waals surface area contributed by atoms with Crippen molar-refractivity contribution in [2.24, 2.45) is 0 Å². The molecule has 0 aliphatic carbocycles. The summed E-state index contributed by atoms with van der Waals surface area (Å²) < 4.78 is 16.6. The van der Waals surface area contributed by atoms with Crippen LogP contribution in [0, 0.1) is 0 Å². The zero-order chi connectivity index (χ0) is 25.0. The standard InChI is InChI=1S/C23H28Cl2N2O7/c1-23(2,3)34-22(31)27-10-5-4-6-17(27)21(30)32-13-26-11-9-18(19(26)20(28)29)33-14-7-8-15(24)16(25)12-14/h7-8,12,17H,4-6,9-11,13H2,1-3H3,(H,28,29). The largest absolute Gasteiger partial charge is 0.476 e. The smallest absolute Gasteiger partial charge is 0.411 e. The van der Waals surface area contributed by atoms with E-state index in [4.69, 9.17) is 37.4 Å². The monoisotopic (exact) mass is 514 g/mol. The zero-order valence-electron chi connectivity index (χ0n) is 19.3. The summed E-state index contributed by atoms with van der Waals surface area (Å²) in [5, 5.41) is 10.4. The first-order valence-corrected chi connectivity index (χ1v) is 11.7. The fourth-order valence-corrected chi connectivity index (χ4v) is 4.05. The Morgan fingerprint density at radius 3 is 2.50 bits per heavy atom. The number of carboxylic acid groups (broad SMARTS) is 1. The molecular formula is C23H28Cl2N2O7. The molecule has 0 saturated carbocycles. The molecule has 1 saturated heterocycles. The molecule has 186 valence electrons. The van der Waals surface area contributed by atoms with Crippen molar-refractivity contribution in [3.63, 3.8) is 0 Å². The molecule has 2 heterocycles. The molecule has 1 aromatic carbocycles. The zero-order valence-corrected chi connectivity index (χ0v) is 20.8. The van der Waals surface area contributed by atoms with E-state index in [2.05, 4.69) is 0 Å². The van der Waals surface area contributed by atoms with Crippen LogP contribution in [-0.4, -0.2) is 64.4 Å². The van der Waals surface area contributed by atoms with Crippen LogP contribution in [-0.2, 0) is 19.1 Å². The van der Waals surface area contributed by atoms with Crippen molar-refractivity contribution in [1.29, 1.82) is 0 Å². The summed E-state index contributed by atoms with van der Waals surface area (Å²) in [7, 11) is 0. The van der Waals surface area contributed by atoms with Crippen molar-refractivity contribution < 1.29 is 33.7 Å². The van der Waals surface area contributed by atoms with Gasteiger partial charge in [0.2, 0.25) is 0 Å². The highest BCUT2D eigenvalue weighted by Crippen LogP contribution is 2.31. The number of nitrogens with zero attached hydrogens (tertiary/aromatic N) is 2. The fourth-order valence-electron chi connectivity index (χ4n) is 3.76. The van der Waals surface area contributed by atoms with Gasteiger partial charge in [-0.2, -0.15) is 0 Å². The van der Waals surface area contributed by atoms with Gasteiger partial charge >= 0.3 is 18.0 Å². The molecule has 1 aromatic rings. The van der Waals surface area contributed by atoms with Gasteiger partial charge in [-0.25, -0.2) is 14.4 Å². The number of likely N-dealkylation sites (tertiary alicyclic amines) is 1. The number of carbonyl (C=O) groups excluding carboxylic acids is 2. The molecule has 0 aromatic heterocycles. The summed E-state index contributed by atoms with van der Waals surface area (Å²) in [6.07, 6.45) is 1.71. The number of piperidine rings is 1. The first-order chi connectivity index (χ1) is 16.0. The molecule has 9 nitrogen and oxygen atoms in total. The predicted molar refractivity (Wildman–Crippen MR) is 125 cm³/mol. The molecule has 0 bridgehead atoms. The van der Waals surface area contributed by atoms with Crippen LogP contribution in [0.4, 0.5) is 4.79 Å². The average Bonchev–Trinajstić information content (AvgIpc) is 3.16. The van der Waals surface area contributed by atoms with E-state index in [9.17, 15) is 19.5 Å². The summed E-state index contributed by atoms with van der Waals surface area (Å²) >= 11 is 11.9. The molecule has 11 heteroatoms. The lowest BCUT2D eigenvalue weighted by Gasteiger charge is -2.35. The number of hydrogen-bond acceptors (Lipinski definition) is 7. The third kappa shape index (κ3) is 6.48. The Hall–Kier alpha value is -2.65. The minimum atomic E-state index is -1.21. The molecule has 2 aliphatic rings. The van der Waals surface area contributed by atoms with Gasteiger partial charge in [0, 0.05) is 25.6 Å². The maximum absolute atomic E-state index is 12.8. The highest BCUT2D eigenvalue weighted by atomic mass is 35.5. The number of hydrogen-bond donors (Lipinski definition) is 1. The van der Waals surface area contributed by atoms with Crippen molar-refractivity contribution in [3.8, 4) is 5.75 Å². The van der Waals surface area contributed by atoms with E-state index in [1.54, 1.807) is 32.9 Å². The maximum Gasteiger partial charge on any atom is 0.411 e. The van der Waals surface area contributed by atoms with Gasteiger partial charge in [0.05, 0.1) is 10.0 Å². The van der Waals surface area contributed by atoms with E-state index in [1.165, 1.54) is 15.9 Å². The van der Waals surface area contributed by atoms with Crippen molar-refractivity contribution in [3.05, 3.63) is 39.7 Å². The minimum Gasteiger partial charge on any atom is -0.476 e. The van der Waals surface area contributed by atoms with E-state index >= 15 is 0 Å². The molecule has 0 radical (unpaired) electrons. The second-order valence-corrected chi connectivity index (χ2v) is 9.86. The summed E-state index contributed by atoms with van der Waals surface area (Å²) in [5.41, 5.74) is -0.795. The Bertz CT molecular complexity index is 990. The Morgan fingerprint density at radius 2 is 1.85 bits per heavy atom. The van der Waals surface area contributed by atoms with Gasteiger partial charge in [-0.3, -0.25) is 4.90 Å². The first kappa shape index (κ1) is 26.0. The van der Waals surface area contributed by atoms with Crippen molar-refractivity contribution >= 4 is 41.2 Å². The summed E-state index contributed by atoms with van der Waals surface area (Å²) in [6.45, 7) is 5.66. The molecule has 1 atom stereocenters. The fraction of sp³-hybridized carbons (Fsp3) is 0.522. The number of amides is 1. The van der Waals surface area contributed by atoms with Gasteiger partial charge in [0.15, 0.2) is 12.4 Å². The maximum atomic E-state index is 12.8.